The Balaban J connectivity index is 1.36. The fraction of sp³-hybridized carbons (Fsp3) is 0.241. The number of alkyl halides is 1. The number of benzene rings is 3. The number of aryl methyl sites for hydroxylation is 1. The molecule has 0 amide bonds. The Morgan fingerprint density at radius 3 is 1.97 bits per heavy atom. The summed E-state index contributed by atoms with van der Waals surface area (Å²) in [6, 6.07) is 30.8. The molecule has 36 heavy (non-hydrogen) atoms. The molecule has 0 unspecified atom stereocenters. The Morgan fingerprint density at radius 2 is 1.44 bits per heavy atom. The maximum Gasteiger partial charge on any atom is 0.302 e. The van der Waals surface area contributed by atoms with Crippen LogP contribution in [0.25, 0.3) is 0 Å². The summed E-state index contributed by atoms with van der Waals surface area (Å²) in [5.74, 6) is 0. The van der Waals surface area contributed by atoms with Gasteiger partial charge in [0.2, 0.25) is 0 Å². The smallest absolute Gasteiger partial charge is 0.302 e. The van der Waals surface area contributed by atoms with E-state index in [1.807, 2.05) is 54.6 Å². The van der Waals surface area contributed by atoms with E-state index in [1.165, 1.54) is 0 Å². The standard InChI is InChI=1S/C29H25ClN2O4/c1-19-17-32-27-25(36-28(32)31-26(19)33)24(30)23(35-27)18-34-29(20-11-5-2-6-12-20,21-13-7-3-8-14-21)22-15-9-4-10-16-22/h2-17,23-25,27H,18H2,1H3/t23-,24-,25+,27-/m1/s1. The van der Waals surface area contributed by atoms with E-state index >= 15 is 0 Å². The third-order valence-electron chi connectivity index (χ3n) is 6.87. The van der Waals surface area contributed by atoms with Crippen LogP contribution in [-0.2, 0) is 15.1 Å². The minimum absolute atomic E-state index is 0.227. The van der Waals surface area contributed by atoms with E-state index in [1.54, 1.807) is 17.7 Å². The predicted octanol–water partition coefficient (Wildman–Crippen LogP) is 4.83. The van der Waals surface area contributed by atoms with Crippen LogP contribution in [0.3, 0.4) is 0 Å². The molecule has 3 heterocycles. The van der Waals surface area contributed by atoms with Gasteiger partial charge in [-0.15, -0.1) is 11.6 Å². The van der Waals surface area contributed by atoms with Crippen LogP contribution < -0.4 is 10.3 Å². The highest BCUT2D eigenvalue weighted by Crippen LogP contribution is 2.44. The molecule has 1 saturated heterocycles. The molecule has 0 spiro atoms. The number of ether oxygens (including phenoxy) is 3. The Kier molecular flexibility index (Phi) is 5.88. The Morgan fingerprint density at radius 1 is 0.917 bits per heavy atom. The zero-order valence-corrected chi connectivity index (χ0v) is 20.4. The van der Waals surface area contributed by atoms with Gasteiger partial charge < -0.3 is 14.2 Å². The van der Waals surface area contributed by atoms with Crippen molar-refractivity contribution in [1.82, 2.24) is 9.55 Å². The summed E-state index contributed by atoms with van der Waals surface area (Å²) in [7, 11) is 0. The average molecular weight is 501 g/mol. The van der Waals surface area contributed by atoms with Crippen LogP contribution in [0.2, 0.25) is 0 Å². The van der Waals surface area contributed by atoms with E-state index < -0.39 is 29.4 Å². The molecule has 4 atom stereocenters. The lowest BCUT2D eigenvalue weighted by molar-refractivity contribution is -0.0761. The average Bonchev–Trinajstić information content (AvgIpc) is 3.42. The number of hydrogen-bond donors (Lipinski definition) is 0. The van der Waals surface area contributed by atoms with Crippen molar-refractivity contribution in [2.45, 2.75) is 36.3 Å². The van der Waals surface area contributed by atoms with Crippen molar-refractivity contribution < 1.29 is 14.2 Å². The summed E-state index contributed by atoms with van der Waals surface area (Å²) < 4.78 is 20.9. The van der Waals surface area contributed by atoms with Crippen molar-refractivity contribution in [2.24, 2.45) is 0 Å². The highest BCUT2D eigenvalue weighted by Gasteiger charge is 2.52. The molecule has 0 bridgehead atoms. The summed E-state index contributed by atoms with van der Waals surface area (Å²) in [4.78, 5) is 16.0. The normalized spacial score (nSPS) is 22.6. The largest absolute Gasteiger partial charge is 0.455 e. The van der Waals surface area contributed by atoms with E-state index in [0.29, 0.717) is 5.56 Å². The third-order valence-corrected chi connectivity index (χ3v) is 7.40. The first-order valence-electron chi connectivity index (χ1n) is 11.9. The number of fused-ring (bicyclic) bond motifs is 3. The molecule has 0 radical (unpaired) electrons. The number of nitrogens with zero attached hydrogens (tertiary/aromatic N) is 2. The molecule has 2 aliphatic heterocycles. The Hall–Kier alpha value is -3.45. The van der Waals surface area contributed by atoms with Gasteiger partial charge in [0.1, 0.15) is 17.1 Å². The van der Waals surface area contributed by atoms with Crippen LogP contribution in [0.1, 0.15) is 28.5 Å². The molecule has 182 valence electrons. The fourth-order valence-corrected chi connectivity index (χ4v) is 5.41. The molecular weight excluding hydrogens is 476 g/mol. The first-order chi connectivity index (χ1) is 17.6. The molecule has 1 fully saturated rings. The molecule has 6 rings (SSSR count). The van der Waals surface area contributed by atoms with Gasteiger partial charge in [-0.05, 0) is 23.6 Å². The van der Waals surface area contributed by atoms with E-state index in [-0.39, 0.29) is 18.2 Å². The van der Waals surface area contributed by atoms with Gasteiger partial charge in [-0.1, -0.05) is 91.0 Å². The minimum atomic E-state index is -0.872. The van der Waals surface area contributed by atoms with Crippen LogP contribution in [0.5, 0.6) is 6.01 Å². The second-order valence-electron chi connectivity index (χ2n) is 9.10. The van der Waals surface area contributed by atoms with Gasteiger partial charge >= 0.3 is 6.01 Å². The summed E-state index contributed by atoms with van der Waals surface area (Å²) in [6.45, 7) is 1.95. The van der Waals surface area contributed by atoms with Gasteiger partial charge in [-0.2, -0.15) is 4.98 Å². The summed E-state index contributed by atoms with van der Waals surface area (Å²) in [5.41, 5.74) is 2.35. The monoisotopic (exact) mass is 500 g/mol. The van der Waals surface area contributed by atoms with Gasteiger partial charge in [-0.3, -0.25) is 9.36 Å². The second kappa shape index (κ2) is 9.21. The van der Waals surface area contributed by atoms with Crippen LogP contribution >= 0.6 is 11.6 Å². The first-order valence-corrected chi connectivity index (χ1v) is 12.4. The third kappa shape index (κ3) is 3.73. The topological polar surface area (TPSA) is 62.6 Å². The van der Waals surface area contributed by atoms with Gasteiger partial charge in [-0.25, -0.2) is 0 Å². The SMILES string of the molecule is Cc1cn2c(nc1=O)O[C@H]1[C@H](Cl)[C@@H](COC(c3ccccc3)(c3ccccc3)c3ccccc3)O[C@H]12. The molecule has 6 nitrogen and oxygen atoms in total. The maximum absolute atomic E-state index is 12.0. The number of hydrogen-bond acceptors (Lipinski definition) is 5. The van der Waals surface area contributed by atoms with E-state index in [9.17, 15) is 4.79 Å². The van der Waals surface area contributed by atoms with Crippen molar-refractivity contribution in [3.05, 3.63) is 130 Å². The Bertz CT molecular complexity index is 1320. The molecule has 4 aromatic rings. The van der Waals surface area contributed by atoms with E-state index in [0.717, 1.165) is 16.7 Å². The predicted molar refractivity (Wildman–Crippen MR) is 136 cm³/mol. The summed E-state index contributed by atoms with van der Waals surface area (Å²) in [6.07, 6.45) is 0.339. The zero-order valence-electron chi connectivity index (χ0n) is 19.7. The highest BCUT2D eigenvalue weighted by molar-refractivity contribution is 6.21. The van der Waals surface area contributed by atoms with Gasteiger partial charge in [0.15, 0.2) is 12.3 Å². The molecule has 3 aromatic carbocycles. The highest BCUT2D eigenvalue weighted by atomic mass is 35.5. The lowest BCUT2D eigenvalue weighted by atomic mass is 9.80. The van der Waals surface area contributed by atoms with E-state index in [4.69, 9.17) is 25.8 Å². The van der Waals surface area contributed by atoms with Gasteiger partial charge in [0.25, 0.3) is 5.56 Å². The number of aromatic nitrogens is 2. The lowest BCUT2D eigenvalue weighted by Gasteiger charge is -2.37. The van der Waals surface area contributed by atoms with Crippen LogP contribution in [-0.4, -0.2) is 33.7 Å². The lowest BCUT2D eigenvalue weighted by Crippen LogP contribution is -2.38. The minimum Gasteiger partial charge on any atom is -0.455 e. The molecule has 1 aromatic heterocycles. The van der Waals surface area contributed by atoms with Crippen molar-refractivity contribution >= 4 is 11.6 Å². The number of halogens is 1. The first kappa shape index (κ1) is 23.0. The van der Waals surface area contributed by atoms with Gasteiger partial charge in [0, 0.05) is 11.8 Å². The number of rotatable bonds is 6. The second-order valence-corrected chi connectivity index (χ2v) is 9.61. The van der Waals surface area contributed by atoms with Crippen LogP contribution in [0.4, 0.5) is 0 Å². The molecule has 0 N–H and O–H groups in total. The quantitative estimate of drug-likeness (QED) is 0.280. The molecule has 0 aliphatic carbocycles. The molecule has 0 saturated carbocycles. The molecule has 2 aliphatic rings. The fourth-order valence-electron chi connectivity index (χ4n) is 5.10. The molecular formula is C29H25ClN2O4. The van der Waals surface area contributed by atoms with Gasteiger partial charge in [0.05, 0.1) is 6.61 Å². The van der Waals surface area contributed by atoms with Crippen molar-refractivity contribution in [2.75, 3.05) is 6.61 Å². The Labute approximate surface area is 214 Å². The van der Waals surface area contributed by atoms with Crippen molar-refractivity contribution in [3.63, 3.8) is 0 Å². The zero-order chi connectivity index (χ0) is 24.7. The molecule has 7 heteroatoms. The maximum atomic E-state index is 12.0. The summed E-state index contributed by atoms with van der Waals surface area (Å²) >= 11 is 6.87. The summed E-state index contributed by atoms with van der Waals surface area (Å²) in [5, 5.41) is -0.493. The van der Waals surface area contributed by atoms with E-state index in [2.05, 4.69) is 41.4 Å². The van der Waals surface area contributed by atoms with Crippen molar-refractivity contribution in [3.8, 4) is 6.01 Å². The van der Waals surface area contributed by atoms with Crippen LogP contribution in [0, 0.1) is 6.92 Å². The van der Waals surface area contributed by atoms with Crippen LogP contribution in [0.15, 0.2) is 102 Å². The van der Waals surface area contributed by atoms with Crippen molar-refractivity contribution in [1.29, 1.82) is 0 Å².